The second-order valence-electron chi connectivity index (χ2n) is 6.43. The predicted octanol–water partition coefficient (Wildman–Crippen LogP) is 3.71. The van der Waals surface area contributed by atoms with Gasteiger partial charge in [-0.05, 0) is 30.3 Å². The molecule has 0 aromatic carbocycles. The van der Waals surface area contributed by atoms with Gasteiger partial charge in [-0.15, -0.1) is 11.6 Å². The SMILES string of the molecule is CC(C)CC1=C(C(=O)O)C(C(=O)O)C=CC1(Cl)CC(C)C. The van der Waals surface area contributed by atoms with Gasteiger partial charge in [0.15, 0.2) is 0 Å². The Morgan fingerprint density at radius 1 is 1.24 bits per heavy atom. The number of hydrogen-bond acceptors (Lipinski definition) is 2. The van der Waals surface area contributed by atoms with Crippen molar-refractivity contribution in [3.05, 3.63) is 23.3 Å². The largest absolute Gasteiger partial charge is 0.481 e. The third-order valence-electron chi connectivity index (χ3n) is 3.50. The molecule has 0 amide bonds. The summed E-state index contributed by atoms with van der Waals surface area (Å²) in [5, 5.41) is 18.8. The van der Waals surface area contributed by atoms with Gasteiger partial charge < -0.3 is 10.2 Å². The molecule has 2 unspecified atom stereocenters. The monoisotopic (exact) mass is 314 g/mol. The molecular weight excluding hydrogens is 292 g/mol. The fraction of sp³-hybridized carbons (Fsp3) is 0.625. The molecule has 2 N–H and O–H groups in total. The Kier molecular flexibility index (Phi) is 5.62. The number of carbonyl (C=O) groups is 2. The van der Waals surface area contributed by atoms with Crippen molar-refractivity contribution in [1.29, 1.82) is 0 Å². The number of rotatable bonds is 6. The second kappa shape index (κ2) is 6.65. The number of carboxylic acid groups (broad SMARTS) is 2. The topological polar surface area (TPSA) is 74.6 Å². The zero-order chi connectivity index (χ0) is 16.4. The maximum absolute atomic E-state index is 11.6. The van der Waals surface area contributed by atoms with Crippen LogP contribution in [0.25, 0.3) is 0 Å². The van der Waals surface area contributed by atoms with Gasteiger partial charge in [0.1, 0.15) is 5.92 Å². The van der Waals surface area contributed by atoms with Gasteiger partial charge in [0.2, 0.25) is 0 Å². The van der Waals surface area contributed by atoms with Crippen LogP contribution in [0.5, 0.6) is 0 Å². The highest BCUT2D eigenvalue weighted by Gasteiger charge is 2.41. The molecule has 4 nitrogen and oxygen atoms in total. The zero-order valence-electron chi connectivity index (χ0n) is 12.9. The molecule has 0 aromatic rings. The van der Waals surface area contributed by atoms with Gasteiger partial charge in [0.05, 0.1) is 10.4 Å². The van der Waals surface area contributed by atoms with E-state index in [0.717, 1.165) is 0 Å². The molecule has 0 aliphatic heterocycles. The number of aliphatic carboxylic acids is 2. The smallest absolute Gasteiger partial charge is 0.332 e. The minimum Gasteiger partial charge on any atom is -0.481 e. The molecule has 0 radical (unpaired) electrons. The average Bonchev–Trinajstić information content (AvgIpc) is 2.29. The maximum Gasteiger partial charge on any atom is 0.332 e. The fourth-order valence-electron chi connectivity index (χ4n) is 2.80. The van der Waals surface area contributed by atoms with Crippen molar-refractivity contribution in [3.63, 3.8) is 0 Å². The molecule has 0 bridgehead atoms. The lowest BCUT2D eigenvalue weighted by Gasteiger charge is -2.35. The van der Waals surface area contributed by atoms with E-state index in [1.165, 1.54) is 6.08 Å². The van der Waals surface area contributed by atoms with Crippen molar-refractivity contribution in [2.75, 3.05) is 0 Å². The van der Waals surface area contributed by atoms with Crippen LogP contribution in [0, 0.1) is 17.8 Å². The van der Waals surface area contributed by atoms with Crippen LogP contribution in [0.2, 0.25) is 0 Å². The van der Waals surface area contributed by atoms with Crippen LogP contribution in [-0.2, 0) is 9.59 Å². The molecule has 1 rings (SSSR count). The van der Waals surface area contributed by atoms with Gasteiger partial charge in [-0.1, -0.05) is 39.8 Å². The molecule has 0 aromatic heterocycles. The fourth-order valence-corrected chi connectivity index (χ4v) is 3.36. The van der Waals surface area contributed by atoms with Gasteiger partial charge in [0.25, 0.3) is 0 Å². The van der Waals surface area contributed by atoms with Crippen molar-refractivity contribution >= 4 is 23.5 Å². The lowest BCUT2D eigenvalue weighted by atomic mass is 9.75. The summed E-state index contributed by atoms with van der Waals surface area (Å²) in [6.07, 6.45) is 4.13. The number of carboxylic acids is 2. The third-order valence-corrected chi connectivity index (χ3v) is 4.01. The first-order valence-electron chi connectivity index (χ1n) is 7.16. The molecule has 0 fully saturated rings. The van der Waals surface area contributed by atoms with Crippen molar-refractivity contribution < 1.29 is 19.8 Å². The quantitative estimate of drug-likeness (QED) is 0.579. The van der Waals surface area contributed by atoms with Crippen LogP contribution >= 0.6 is 11.6 Å². The molecule has 2 atom stereocenters. The van der Waals surface area contributed by atoms with Crippen LogP contribution in [-0.4, -0.2) is 27.0 Å². The van der Waals surface area contributed by atoms with Crippen LogP contribution in [0.4, 0.5) is 0 Å². The summed E-state index contributed by atoms with van der Waals surface area (Å²) in [4.78, 5) is 22.1. The molecule has 118 valence electrons. The standard InChI is InChI=1S/C16H23ClO4/c1-9(2)7-12-13(15(20)21)11(14(18)19)5-6-16(12,17)8-10(3)4/h5-6,9-11H,7-8H2,1-4H3,(H,18,19)(H,20,21). The Hall–Kier alpha value is -1.29. The second-order valence-corrected chi connectivity index (χ2v) is 7.11. The van der Waals surface area contributed by atoms with Crippen LogP contribution in [0.1, 0.15) is 40.5 Å². The van der Waals surface area contributed by atoms with Gasteiger partial charge in [0, 0.05) is 0 Å². The number of halogens is 1. The molecule has 1 aliphatic rings. The molecule has 0 saturated carbocycles. The maximum atomic E-state index is 11.6. The highest BCUT2D eigenvalue weighted by Crippen LogP contribution is 2.44. The number of alkyl halides is 1. The van der Waals surface area contributed by atoms with E-state index in [4.69, 9.17) is 11.6 Å². The van der Waals surface area contributed by atoms with Crippen molar-refractivity contribution in [2.24, 2.45) is 17.8 Å². The van der Waals surface area contributed by atoms with E-state index in [1.54, 1.807) is 6.08 Å². The summed E-state index contributed by atoms with van der Waals surface area (Å²) in [5.41, 5.74) is 0.463. The summed E-state index contributed by atoms with van der Waals surface area (Å²) in [6, 6.07) is 0. The summed E-state index contributed by atoms with van der Waals surface area (Å²) >= 11 is 6.69. The number of allylic oxidation sites excluding steroid dienone is 2. The minimum absolute atomic E-state index is 0.0747. The molecule has 0 saturated heterocycles. The molecule has 21 heavy (non-hydrogen) atoms. The Labute approximate surface area is 130 Å². The predicted molar refractivity (Wildman–Crippen MR) is 82.4 cm³/mol. The summed E-state index contributed by atoms with van der Waals surface area (Å²) in [5.74, 6) is -3.02. The van der Waals surface area contributed by atoms with Crippen molar-refractivity contribution in [2.45, 2.75) is 45.4 Å². The van der Waals surface area contributed by atoms with E-state index >= 15 is 0 Å². The van der Waals surface area contributed by atoms with Crippen molar-refractivity contribution in [3.8, 4) is 0 Å². The summed E-state index contributed by atoms with van der Waals surface area (Å²) < 4.78 is 0. The molecule has 0 spiro atoms. The van der Waals surface area contributed by atoms with E-state index in [-0.39, 0.29) is 17.4 Å². The van der Waals surface area contributed by atoms with Crippen LogP contribution in [0.15, 0.2) is 23.3 Å². The first kappa shape index (κ1) is 17.8. The third kappa shape index (κ3) is 4.10. The highest BCUT2D eigenvalue weighted by molar-refractivity contribution is 6.28. The van der Waals surface area contributed by atoms with Crippen molar-refractivity contribution in [1.82, 2.24) is 0 Å². The van der Waals surface area contributed by atoms with Gasteiger partial charge >= 0.3 is 11.9 Å². The Balaban J connectivity index is 3.45. The zero-order valence-corrected chi connectivity index (χ0v) is 13.6. The first-order valence-corrected chi connectivity index (χ1v) is 7.54. The Bertz CT molecular complexity index is 491. The van der Waals surface area contributed by atoms with Gasteiger partial charge in [-0.3, -0.25) is 4.79 Å². The van der Waals surface area contributed by atoms with Gasteiger partial charge in [-0.2, -0.15) is 0 Å². The van der Waals surface area contributed by atoms with E-state index in [2.05, 4.69) is 0 Å². The Morgan fingerprint density at radius 2 is 1.81 bits per heavy atom. The summed E-state index contributed by atoms with van der Waals surface area (Å²) in [6.45, 7) is 7.95. The van der Waals surface area contributed by atoms with E-state index < -0.39 is 22.7 Å². The normalized spacial score (nSPS) is 25.8. The molecule has 0 heterocycles. The summed E-state index contributed by atoms with van der Waals surface area (Å²) in [7, 11) is 0. The van der Waals surface area contributed by atoms with E-state index in [9.17, 15) is 19.8 Å². The number of hydrogen-bond donors (Lipinski definition) is 2. The lowest BCUT2D eigenvalue weighted by Crippen LogP contribution is -2.35. The molecular formula is C16H23ClO4. The van der Waals surface area contributed by atoms with E-state index in [1.807, 2.05) is 27.7 Å². The van der Waals surface area contributed by atoms with Crippen LogP contribution < -0.4 is 0 Å². The first-order chi connectivity index (χ1) is 9.58. The molecule has 1 aliphatic carbocycles. The van der Waals surface area contributed by atoms with Crippen LogP contribution in [0.3, 0.4) is 0 Å². The van der Waals surface area contributed by atoms with Gasteiger partial charge in [-0.25, -0.2) is 4.79 Å². The minimum atomic E-state index is -1.20. The Morgan fingerprint density at radius 3 is 2.19 bits per heavy atom. The lowest BCUT2D eigenvalue weighted by molar-refractivity contribution is -0.142. The average molecular weight is 315 g/mol. The molecule has 5 heteroatoms. The van der Waals surface area contributed by atoms with E-state index in [0.29, 0.717) is 18.4 Å². The highest BCUT2D eigenvalue weighted by atomic mass is 35.5.